The maximum absolute atomic E-state index is 11.9. The van der Waals surface area contributed by atoms with Gasteiger partial charge in [-0.05, 0) is 50.7 Å². The molecule has 5 heteroatoms. The highest BCUT2D eigenvalue weighted by atomic mass is 19.4. The molecule has 0 aliphatic carbocycles. The van der Waals surface area contributed by atoms with Gasteiger partial charge in [-0.25, -0.2) is 0 Å². The zero-order valence-electron chi connectivity index (χ0n) is 10.4. The zero-order chi connectivity index (χ0) is 12.7. The van der Waals surface area contributed by atoms with Crippen LogP contribution >= 0.6 is 0 Å². The fraction of sp³-hybridized carbons (Fsp3) is 1.00. The van der Waals surface area contributed by atoms with E-state index in [0.717, 1.165) is 19.5 Å². The van der Waals surface area contributed by atoms with Gasteiger partial charge in [-0.15, -0.1) is 0 Å². The van der Waals surface area contributed by atoms with Crippen molar-refractivity contribution in [2.24, 2.45) is 11.8 Å². The summed E-state index contributed by atoms with van der Waals surface area (Å²) >= 11 is 0. The molecule has 1 saturated heterocycles. The number of piperidine rings is 1. The number of hydrogen-bond donors (Lipinski definition) is 2. The standard InChI is InChI=1S/C12H23F3N2/c1-10(11-3-2-6-17-9-11)4-7-16-8-5-12(13,14)15/h10-11,16-17H,2-9H2,1H3. The normalized spacial score (nSPS) is 23.6. The predicted molar refractivity (Wildman–Crippen MR) is 62.9 cm³/mol. The molecule has 0 radical (unpaired) electrons. The Balaban J connectivity index is 2.01. The van der Waals surface area contributed by atoms with Crippen molar-refractivity contribution in [3.05, 3.63) is 0 Å². The van der Waals surface area contributed by atoms with Gasteiger partial charge >= 0.3 is 6.18 Å². The fourth-order valence-electron chi connectivity index (χ4n) is 2.29. The summed E-state index contributed by atoms with van der Waals surface area (Å²) in [6.07, 6.45) is -1.34. The Hall–Kier alpha value is -0.290. The lowest BCUT2D eigenvalue weighted by atomic mass is 9.85. The predicted octanol–water partition coefficient (Wildman–Crippen LogP) is 2.55. The van der Waals surface area contributed by atoms with Gasteiger partial charge in [-0.2, -0.15) is 13.2 Å². The fourth-order valence-corrected chi connectivity index (χ4v) is 2.29. The van der Waals surface area contributed by atoms with Crippen molar-refractivity contribution < 1.29 is 13.2 Å². The average Bonchev–Trinajstić information content (AvgIpc) is 2.28. The smallest absolute Gasteiger partial charge is 0.316 e. The molecule has 102 valence electrons. The SMILES string of the molecule is CC(CCNCCC(F)(F)F)C1CCCNC1. The van der Waals surface area contributed by atoms with Crippen LogP contribution in [-0.4, -0.2) is 32.4 Å². The van der Waals surface area contributed by atoms with Gasteiger partial charge in [0.15, 0.2) is 0 Å². The first-order chi connectivity index (χ1) is 7.99. The Morgan fingerprint density at radius 1 is 1.35 bits per heavy atom. The molecule has 0 aromatic carbocycles. The third-order valence-corrected chi connectivity index (χ3v) is 3.50. The number of hydrogen-bond acceptors (Lipinski definition) is 2. The van der Waals surface area contributed by atoms with E-state index in [4.69, 9.17) is 0 Å². The lowest BCUT2D eigenvalue weighted by Crippen LogP contribution is -2.34. The summed E-state index contributed by atoms with van der Waals surface area (Å²) in [5, 5.41) is 6.24. The summed E-state index contributed by atoms with van der Waals surface area (Å²) in [6.45, 7) is 5.09. The van der Waals surface area contributed by atoms with Gasteiger partial charge in [0.25, 0.3) is 0 Å². The second-order valence-electron chi connectivity index (χ2n) is 4.99. The van der Waals surface area contributed by atoms with Gasteiger partial charge in [0.2, 0.25) is 0 Å². The van der Waals surface area contributed by atoms with Crippen LogP contribution in [0.2, 0.25) is 0 Å². The first-order valence-corrected chi connectivity index (χ1v) is 6.47. The summed E-state index contributed by atoms with van der Waals surface area (Å²) in [4.78, 5) is 0. The van der Waals surface area contributed by atoms with Crippen LogP contribution in [-0.2, 0) is 0 Å². The molecule has 0 aromatic heterocycles. The van der Waals surface area contributed by atoms with E-state index >= 15 is 0 Å². The largest absolute Gasteiger partial charge is 0.390 e. The van der Waals surface area contributed by atoms with Crippen LogP contribution in [0.3, 0.4) is 0 Å². The maximum Gasteiger partial charge on any atom is 0.390 e. The molecule has 0 amide bonds. The van der Waals surface area contributed by atoms with Crippen molar-refractivity contribution in [3.8, 4) is 0 Å². The number of nitrogens with one attached hydrogen (secondary N) is 2. The molecule has 17 heavy (non-hydrogen) atoms. The lowest BCUT2D eigenvalue weighted by Gasteiger charge is -2.28. The molecule has 1 heterocycles. The van der Waals surface area contributed by atoms with E-state index in [1.165, 1.54) is 12.8 Å². The molecule has 2 N–H and O–H groups in total. The van der Waals surface area contributed by atoms with Crippen LogP contribution in [0, 0.1) is 11.8 Å². The third-order valence-electron chi connectivity index (χ3n) is 3.50. The first-order valence-electron chi connectivity index (χ1n) is 6.47. The second kappa shape index (κ2) is 7.21. The lowest BCUT2D eigenvalue weighted by molar-refractivity contribution is -0.133. The third kappa shape index (κ3) is 6.88. The topological polar surface area (TPSA) is 24.1 Å². The summed E-state index contributed by atoms with van der Waals surface area (Å²) in [5.74, 6) is 1.27. The Morgan fingerprint density at radius 2 is 2.12 bits per heavy atom. The monoisotopic (exact) mass is 252 g/mol. The van der Waals surface area contributed by atoms with Crippen molar-refractivity contribution in [2.45, 2.75) is 38.8 Å². The molecule has 1 aliphatic heterocycles. The second-order valence-corrected chi connectivity index (χ2v) is 4.99. The molecule has 1 aliphatic rings. The highest BCUT2D eigenvalue weighted by Crippen LogP contribution is 2.22. The molecule has 0 spiro atoms. The number of alkyl halides is 3. The Labute approximate surface area is 101 Å². The van der Waals surface area contributed by atoms with Crippen molar-refractivity contribution in [3.63, 3.8) is 0 Å². The van der Waals surface area contributed by atoms with Crippen LogP contribution in [0.15, 0.2) is 0 Å². The van der Waals surface area contributed by atoms with Crippen molar-refractivity contribution >= 4 is 0 Å². The van der Waals surface area contributed by atoms with E-state index in [1.807, 2.05) is 0 Å². The van der Waals surface area contributed by atoms with E-state index in [2.05, 4.69) is 17.6 Å². The number of halogens is 3. The van der Waals surface area contributed by atoms with Crippen molar-refractivity contribution in [1.29, 1.82) is 0 Å². The maximum atomic E-state index is 11.9. The summed E-state index contributed by atoms with van der Waals surface area (Å²) < 4.78 is 35.7. The van der Waals surface area contributed by atoms with Gasteiger partial charge in [-0.3, -0.25) is 0 Å². The minimum Gasteiger partial charge on any atom is -0.316 e. The van der Waals surface area contributed by atoms with Crippen molar-refractivity contribution in [2.75, 3.05) is 26.2 Å². The Morgan fingerprint density at radius 3 is 2.71 bits per heavy atom. The molecular weight excluding hydrogens is 229 g/mol. The summed E-state index contributed by atoms with van der Waals surface area (Å²) in [5.41, 5.74) is 0. The Bertz CT molecular complexity index is 200. The molecule has 1 rings (SSSR count). The first kappa shape index (κ1) is 14.8. The van der Waals surface area contributed by atoms with E-state index in [9.17, 15) is 13.2 Å². The molecule has 0 aromatic rings. The van der Waals surface area contributed by atoms with Gasteiger partial charge in [0, 0.05) is 6.54 Å². The molecule has 2 nitrogen and oxygen atoms in total. The molecular formula is C12H23F3N2. The van der Waals surface area contributed by atoms with Crippen LogP contribution in [0.5, 0.6) is 0 Å². The van der Waals surface area contributed by atoms with Gasteiger partial charge in [-0.1, -0.05) is 6.92 Å². The van der Waals surface area contributed by atoms with Gasteiger partial charge in [0.1, 0.15) is 0 Å². The summed E-state index contributed by atoms with van der Waals surface area (Å²) in [7, 11) is 0. The molecule has 0 bridgehead atoms. The zero-order valence-corrected chi connectivity index (χ0v) is 10.4. The van der Waals surface area contributed by atoms with Gasteiger partial charge in [0.05, 0.1) is 6.42 Å². The van der Waals surface area contributed by atoms with E-state index in [1.54, 1.807) is 0 Å². The van der Waals surface area contributed by atoms with Crippen LogP contribution in [0.1, 0.15) is 32.6 Å². The highest BCUT2D eigenvalue weighted by Gasteiger charge is 2.26. The number of rotatable bonds is 6. The minimum atomic E-state index is -4.04. The van der Waals surface area contributed by atoms with Crippen LogP contribution in [0.25, 0.3) is 0 Å². The van der Waals surface area contributed by atoms with E-state index < -0.39 is 12.6 Å². The Kier molecular flexibility index (Phi) is 6.27. The molecule has 1 fully saturated rings. The van der Waals surface area contributed by atoms with E-state index in [0.29, 0.717) is 18.4 Å². The molecule has 2 unspecified atom stereocenters. The van der Waals surface area contributed by atoms with Crippen LogP contribution < -0.4 is 10.6 Å². The van der Waals surface area contributed by atoms with Crippen molar-refractivity contribution in [1.82, 2.24) is 10.6 Å². The quantitative estimate of drug-likeness (QED) is 0.710. The summed E-state index contributed by atoms with van der Waals surface area (Å²) in [6, 6.07) is 0. The molecule has 2 atom stereocenters. The van der Waals surface area contributed by atoms with Crippen LogP contribution in [0.4, 0.5) is 13.2 Å². The highest BCUT2D eigenvalue weighted by molar-refractivity contribution is 4.74. The van der Waals surface area contributed by atoms with E-state index in [-0.39, 0.29) is 6.54 Å². The minimum absolute atomic E-state index is 0.0408. The van der Waals surface area contributed by atoms with Gasteiger partial charge < -0.3 is 10.6 Å². The average molecular weight is 252 g/mol. The molecule has 0 saturated carbocycles.